The van der Waals surface area contributed by atoms with Crippen LogP contribution in [-0.4, -0.2) is 22.8 Å². The number of aromatic amines is 1. The third-order valence-electron chi connectivity index (χ3n) is 5.32. The lowest BCUT2D eigenvalue weighted by molar-refractivity contribution is 0.0756. The van der Waals surface area contributed by atoms with Crippen LogP contribution in [0, 0.1) is 13.8 Å². The van der Waals surface area contributed by atoms with Gasteiger partial charge in [-0.25, -0.2) is 0 Å². The van der Waals surface area contributed by atoms with Crippen LogP contribution in [0.15, 0.2) is 79.0 Å². The molecule has 0 aliphatic heterocycles. The number of aryl methyl sites for hydroxylation is 2. The first-order valence-electron chi connectivity index (χ1n) is 9.51. The van der Waals surface area contributed by atoms with Crippen LogP contribution in [-0.2, 0) is 0 Å². The summed E-state index contributed by atoms with van der Waals surface area (Å²) in [6, 6.07) is 24.2. The quantitative estimate of drug-likeness (QED) is 0.497. The maximum absolute atomic E-state index is 13.3. The van der Waals surface area contributed by atoms with Crippen molar-refractivity contribution in [1.29, 1.82) is 0 Å². The van der Waals surface area contributed by atoms with E-state index in [4.69, 9.17) is 0 Å². The monoisotopic (exact) mass is 368 g/mol. The van der Waals surface area contributed by atoms with Gasteiger partial charge in [0.1, 0.15) is 0 Å². The molecule has 4 aromatic rings. The molecule has 1 unspecified atom stereocenters. The molecule has 0 saturated carbocycles. The van der Waals surface area contributed by atoms with Gasteiger partial charge in [-0.1, -0.05) is 65.7 Å². The van der Waals surface area contributed by atoms with Crippen molar-refractivity contribution in [3.8, 4) is 0 Å². The number of carbonyl (C=O) groups is 1. The van der Waals surface area contributed by atoms with Gasteiger partial charge in [-0.05, 0) is 37.6 Å². The van der Waals surface area contributed by atoms with Gasteiger partial charge in [0.2, 0.25) is 0 Å². The molecule has 0 bridgehead atoms. The van der Waals surface area contributed by atoms with Crippen LogP contribution in [0.1, 0.15) is 38.7 Å². The molecular formula is C25H24N2O. The Balaban J connectivity index is 1.81. The molecular weight excluding hydrogens is 344 g/mol. The maximum Gasteiger partial charge on any atom is 0.254 e. The Hall–Kier alpha value is -3.33. The number of nitrogens with one attached hydrogen (secondary N) is 1. The van der Waals surface area contributed by atoms with Crippen molar-refractivity contribution in [2.24, 2.45) is 0 Å². The summed E-state index contributed by atoms with van der Waals surface area (Å²) in [5, 5.41) is 1.14. The van der Waals surface area contributed by atoms with E-state index in [0.29, 0.717) is 5.56 Å². The molecule has 0 saturated heterocycles. The highest BCUT2D eigenvalue weighted by Crippen LogP contribution is 2.34. The van der Waals surface area contributed by atoms with Crippen LogP contribution in [0.5, 0.6) is 0 Å². The van der Waals surface area contributed by atoms with Gasteiger partial charge >= 0.3 is 0 Å². The van der Waals surface area contributed by atoms with E-state index >= 15 is 0 Å². The molecule has 3 nitrogen and oxygen atoms in total. The zero-order valence-corrected chi connectivity index (χ0v) is 16.4. The second-order valence-corrected chi connectivity index (χ2v) is 7.38. The molecule has 1 atom stereocenters. The number of nitrogens with zero attached hydrogens (tertiary/aromatic N) is 1. The molecule has 140 valence electrons. The van der Waals surface area contributed by atoms with Gasteiger partial charge in [0, 0.05) is 35.3 Å². The van der Waals surface area contributed by atoms with Crippen molar-refractivity contribution in [2.45, 2.75) is 19.9 Å². The summed E-state index contributed by atoms with van der Waals surface area (Å²) in [7, 11) is 1.88. The first kappa shape index (κ1) is 18.1. The number of hydrogen-bond donors (Lipinski definition) is 1. The van der Waals surface area contributed by atoms with Crippen molar-refractivity contribution < 1.29 is 4.79 Å². The summed E-state index contributed by atoms with van der Waals surface area (Å²) < 4.78 is 0. The summed E-state index contributed by atoms with van der Waals surface area (Å²) in [5.74, 6) is 0.0101. The highest BCUT2D eigenvalue weighted by molar-refractivity contribution is 5.95. The summed E-state index contributed by atoms with van der Waals surface area (Å²) in [6.07, 6.45) is 2.02. The van der Waals surface area contributed by atoms with E-state index in [1.54, 1.807) is 0 Å². The molecule has 1 N–H and O–H groups in total. The molecule has 0 radical (unpaired) electrons. The molecule has 28 heavy (non-hydrogen) atoms. The predicted molar refractivity (Wildman–Crippen MR) is 115 cm³/mol. The van der Waals surface area contributed by atoms with Crippen LogP contribution < -0.4 is 0 Å². The van der Waals surface area contributed by atoms with E-state index in [9.17, 15) is 4.79 Å². The van der Waals surface area contributed by atoms with E-state index in [2.05, 4.69) is 48.3 Å². The molecule has 0 fully saturated rings. The zero-order valence-electron chi connectivity index (χ0n) is 16.4. The molecule has 4 rings (SSSR count). The number of carbonyl (C=O) groups excluding carboxylic acids is 1. The lowest BCUT2D eigenvalue weighted by atomic mass is 9.95. The fraction of sp³-hybridized carbons (Fsp3) is 0.160. The Kier molecular flexibility index (Phi) is 4.74. The van der Waals surface area contributed by atoms with Gasteiger partial charge in [-0.3, -0.25) is 4.79 Å². The van der Waals surface area contributed by atoms with Crippen LogP contribution >= 0.6 is 0 Å². The van der Waals surface area contributed by atoms with Crippen molar-refractivity contribution in [3.63, 3.8) is 0 Å². The van der Waals surface area contributed by atoms with Crippen molar-refractivity contribution in [1.82, 2.24) is 9.88 Å². The number of benzene rings is 3. The molecule has 1 amide bonds. The number of aromatic nitrogens is 1. The Bertz CT molecular complexity index is 1110. The number of hydrogen-bond acceptors (Lipinski definition) is 1. The van der Waals surface area contributed by atoms with E-state index < -0.39 is 0 Å². The molecule has 3 heteroatoms. The van der Waals surface area contributed by atoms with Crippen molar-refractivity contribution >= 4 is 16.8 Å². The van der Waals surface area contributed by atoms with Crippen molar-refractivity contribution in [2.75, 3.05) is 7.05 Å². The van der Waals surface area contributed by atoms with Crippen LogP contribution in [0.3, 0.4) is 0 Å². The minimum absolute atomic E-state index is 0.0101. The standard InChI is InChI=1S/C25H24N2O/c1-17-8-12-19(13-9-17)24(22-16-26-23-7-5-4-6-21(22)23)27(3)25(28)20-14-10-18(2)11-15-20/h4-16,24,26H,1-3H3. The minimum Gasteiger partial charge on any atom is -0.361 e. The third-order valence-corrected chi connectivity index (χ3v) is 5.32. The fourth-order valence-corrected chi connectivity index (χ4v) is 3.70. The minimum atomic E-state index is -0.175. The Morgan fingerprint density at radius 3 is 2.14 bits per heavy atom. The van der Waals surface area contributed by atoms with Crippen LogP contribution in [0.2, 0.25) is 0 Å². The summed E-state index contributed by atoms with van der Waals surface area (Å²) in [4.78, 5) is 18.5. The fourth-order valence-electron chi connectivity index (χ4n) is 3.70. The number of para-hydroxylation sites is 1. The van der Waals surface area contributed by atoms with E-state index in [0.717, 1.165) is 27.6 Å². The van der Waals surface area contributed by atoms with E-state index in [-0.39, 0.29) is 11.9 Å². The number of amides is 1. The molecule has 1 aromatic heterocycles. The van der Waals surface area contributed by atoms with E-state index in [1.165, 1.54) is 5.56 Å². The second kappa shape index (κ2) is 7.35. The number of H-pyrrole nitrogens is 1. The lowest BCUT2D eigenvalue weighted by Crippen LogP contribution is -2.32. The molecule has 0 spiro atoms. The van der Waals surface area contributed by atoms with Crippen molar-refractivity contribution in [3.05, 3.63) is 107 Å². The normalized spacial score (nSPS) is 12.1. The van der Waals surface area contributed by atoms with Gasteiger partial charge in [-0.2, -0.15) is 0 Å². The third kappa shape index (κ3) is 3.31. The molecule has 0 aliphatic rings. The maximum atomic E-state index is 13.3. The summed E-state index contributed by atoms with van der Waals surface area (Å²) in [5.41, 5.74) is 6.32. The molecule has 0 aliphatic carbocycles. The molecule has 3 aromatic carbocycles. The van der Waals surface area contributed by atoms with Gasteiger partial charge in [-0.15, -0.1) is 0 Å². The molecule has 1 heterocycles. The highest BCUT2D eigenvalue weighted by Gasteiger charge is 2.26. The smallest absolute Gasteiger partial charge is 0.254 e. The average Bonchev–Trinajstić information content (AvgIpc) is 3.13. The second-order valence-electron chi connectivity index (χ2n) is 7.38. The Morgan fingerprint density at radius 2 is 1.46 bits per heavy atom. The summed E-state index contributed by atoms with van der Waals surface area (Å²) in [6.45, 7) is 4.10. The lowest BCUT2D eigenvalue weighted by Gasteiger charge is -2.29. The Labute approximate surface area is 165 Å². The van der Waals surface area contributed by atoms with Gasteiger partial charge < -0.3 is 9.88 Å². The highest BCUT2D eigenvalue weighted by atomic mass is 16.2. The van der Waals surface area contributed by atoms with Gasteiger partial charge in [0.25, 0.3) is 5.91 Å². The number of fused-ring (bicyclic) bond motifs is 1. The SMILES string of the molecule is Cc1ccc(C(=O)N(C)C(c2ccc(C)cc2)c2c[nH]c3ccccc23)cc1. The van der Waals surface area contributed by atoms with E-state index in [1.807, 2.05) is 61.5 Å². The average molecular weight is 368 g/mol. The topological polar surface area (TPSA) is 36.1 Å². The largest absolute Gasteiger partial charge is 0.361 e. The first-order chi connectivity index (χ1) is 13.5. The predicted octanol–water partition coefficient (Wildman–Crippen LogP) is 5.65. The Morgan fingerprint density at radius 1 is 0.857 bits per heavy atom. The van der Waals surface area contributed by atoms with Gasteiger partial charge in [0.15, 0.2) is 0 Å². The van der Waals surface area contributed by atoms with Gasteiger partial charge in [0.05, 0.1) is 6.04 Å². The number of rotatable bonds is 4. The zero-order chi connectivity index (χ0) is 19.7. The first-order valence-corrected chi connectivity index (χ1v) is 9.51. The van der Waals surface area contributed by atoms with Crippen LogP contribution in [0.25, 0.3) is 10.9 Å². The van der Waals surface area contributed by atoms with Crippen LogP contribution in [0.4, 0.5) is 0 Å². The summed E-state index contributed by atoms with van der Waals surface area (Å²) >= 11 is 0.